The predicted molar refractivity (Wildman–Crippen MR) is 63.4 cm³/mol. The lowest BCUT2D eigenvalue weighted by atomic mass is 10.4. The second-order valence-corrected chi connectivity index (χ2v) is 5.38. The van der Waals surface area contributed by atoms with Crippen LogP contribution in [-0.4, -0.2) is 23.6 Å². The van der Waals surface area contributed by atoms with Crippen molar-refractivity contribution in [2.24, 2.45) is 0 Å². The number of hydrogen-bond donors (Lipinski definition) is 2. The molecule has 2 heterocycles. The molecule has 0 aliphatic heterocycles. The van der Waals surface area contributed by atoms with Crippen molar-refractivity contribution in [3.63, 3.8) is 0 Å². The molecule has 6 nitrogen and oxygen atoms in total. The van der Waals surface area contributed by atoms with Gasteiger partial charge < -0.3 is 0 Å². The second-order valence-electron chi connectivity index (χ2n) is 3.32. The summed E-state index contributed by atoms with van der Waals surface area (Å²) < 4.78 is 26.3. The Kier molecular flexibility index (Phi) is 3.03. The highest BCUT2D eigenvalue weighted by Gasteiger charge is 2.19. The number of nitrogens with zero attached hydrogens (tertiary/aromatic N) is 2. The van der Waals surface area contributed by atoms with Gasteiger partial charge in [0.05, 0.1) is 28.8 Å². The molecule has 2 aromatic rings. The number of anilines is 1. The van der Waals surface area contributed by atoms with Crippen LogP contribution in [0.5, 0.6) is 0 Å². The molecule has 0 saturated heterocycles. The molecule has 0 aliphatic carbocycles. The van der Waals surface area contributed by atoms with E-state index in [0.29, 0.717) is 5.69 Å². The van der Waals surface area contributed by atoms with Crippen molar-refractivity contribution in [2.75, 3.05) is 4.72 Å². The van der Waals surface area contributed by atoms with Crippen LogP contribution in [0.25, 0.3) is 0 Å². The molecule has 0 aromatic carbocycles. The molecule has 2 aromatic heterocycles. The number of hydrogen-bond acceptors (Lipinski definition) is 4. The second kappa shape index (κ2) is 4.34. The zero-order valence-corrected chi connectivity index (χ0v) is 10.4. The summed E-state index contributed by atoms with van der Waals surface area (Å²) in [6.07, 6.45) is 4.06. The van der Waals surface area contributed by atoms with E-state index in [1.54, 1.807) is 6.92 Å². The Hall–Kier alpha value is -1.60. The fraction of sp³-hybridized carbons (Fsp3) is 0.111. The van der Waals surface area contributed by atoms with Crippen LogP contribution in [0.15, 0.2) is 29.6 Å². The Balaban J connectivity index is 2.37. The summed E-state index contributed by atoms with van der Waals surface area (Å²) in [5.41, 5.74) is 0.687. The minimum Gasteiger partial charge on any atom is -0.281 e. The Bertz CT molecular complexity index is 638. The highest BCUT2D eigenvalue weighted by Crippen LogP contribution is 2.23. The standard InChI is InChI=1S/C9H9ClN4O2S/c1-6-9(5-12-13-6)17(15,16)14-8-4-11-3-2-7(8)10/h2-5,14H,1H3,(H,12,13). The van der Waals surface area contributed by atoms with Crippen molar-refractivity contribution in [3.05, 3.63) is 35.4 Å². The number of rotatable bonds is 3. The first-order valence-corrected chi connectivity index (χ1v) is 6.49. The van der Waals surface area contributed by atoms with Gasteiger partial charge >= 0.3 is 0 Å². The van der Waals surface area contributed by atoms with Crippen LogP contribution in [-0.2, 0) is 10.0 Å². The minimum atomic E-state index is -3.69. The SMILES string of the molecule is Cc1[nH]ncc1S(=O)(=O)Nc1cnccc1Cl. The monoisotopic (exact) mass is 272 g/mol. The quantitative estimate of drug-likeness (QED) is 0.888. The van der Waals surface area contributed by atoms with E-state index in [4.69, 9.17) is 11.6 Å². The molecular weight excluding hydrogens is 264 g/mol. The van der Waals surface area contributed by atoms with E-state index in [1.807, 2.05) is 0 Å². The number of H-pyrrole nitrogens is 1. The maximum atomic E-state index is 12.0. The van der Waals surface area contributed by atoms with Crippen molar-refractivity contribution in [2.45, 2.75) is 11.8 Å². The Morgan fingerprint density at radius 2 is 2.18 bits per heavy atom. The van der Waals surface area contributed by atoms with E-state index in [9.17, 15) is 8.42 Å². The van der Waals surface area contributed by atoms with Crippen LogP contribution in [0.2, 0.25) is 5.02 Å². The van der Waals surface area contributed by atoms with Crippen molar-refractivity contribution in [1.29, 1.82) is 0 Å². The van der Waals surface area contributed by atoms with Crippen molar-refractivity contribution in [3.8, 4) is 0 Å². The lowest BCUT2D eigenvalue weighted by molar-refractivity contribution is 0.600. The van der Waals surface area contributed by atoms with Gasteiger partial charge in [0.1, 0.15) is 4.90 Å². The molecule has 0 aliphatic rings. The fourth-order valence-electron chi connectivity index (χ4n) is 1.26. The van der Waals surface area contributed by atoms with Gasteiger partial charge in [-0.15, -0.1) is 0 Å². The van der Waals surface area contributed by atoms with Crippen LogP contribution in [0.1, 0.15) is 5.69 Å². The highest BCUT2D eigenvalue weighted by atomic mass is 35.5. The molecule has 0 saturated carbocycles. The minimum absolute atomic E-state index is 0.0809. The third-order valence-electron chi connectivity index (χ3n) is 2.09. The molecule has 0 radical (unpaired) electrons. The van der Waals surface area contributed by atoms with E-state index < -0.39 is 10.0 Å². The summed E-state index contributed by atoms with van der Waals surface area (Å²) in [6, 6.07) is 1.50. The summed E-state index contributed by atoms with van der Waals surface area (Å²) in [5, 5.41) is 6.50. The van der Waals surface area contributed by atoms with Crippen LogP contribution < -0.4 is 4.72 Å². The summed E-state index contributed by atoms with van der Waals surface area (Å²) in [5.74, 6) is 0. The van der Waals surface area contributed by atoms with Crippen LogP contribution in [0.3, 0.4) is 0 Å². The van der Waals surface area contributed by atoms with E-state index in [1.165, 1.54) is 24.7 Å². The molecule has 2 rings (SSSR count). The summed E-state index contributed by atoms with van der Waals surface area (Å²) in [4.78, 5) is 3.88. The summed E-state index contributed by atoms with van der Waals surface area (Å²) in [7, 11) is -3.69. The molecule has 8 heteroatoms. The molecule has 90 valence electrons. The molecule has 0 unspecified atom stereocenters. The van der Waals surface area contributed by atoms with Gasteiger partial charge in [0.2, 0.25) is 0 Å². The first-order valence-electron chi connectivity index (χ1n) is 4.63. The average Bonchev–Trinajstić information content (AvgIpc) is 2.68. The number of aryl methyl sites for hydroxylation is 1. The van der Waals surface area contributed by atoms with Gasteiger partial charge in [-0.25, -0.2) is 8.42 Å². The van der Waals surface area contributed by atoms with Gasteiger partial charge in [0.15, 0.2) is 0 Å². The zero-order chi connectivity index (χ0) is 12.5. The summed E-state index contributed by atoms with van der Waals surface area (Å²) >= 11 is 5.84. The largest absolute Gasteiger partial charge is 0.281 e. The predicted octanol–water partition coefficient (Wildman–Crippen LogP) is 1.57. The number of nitrogens with one attached hydrogen (secondary N) is 2. The van der Waals surface area contributed by atoms with Crippen molar-refractivity contribution < 1.29 is 8.42 Å². The van der Waals surface area contributed by atoms with Crippen LogP contribution >= 0.6 is 11.6 Å². The molecule has 0 bridgehead atoms. The van der Waals surface area contributed by atoms with Gasteiger partial charge in [-0.3, -0.25) is 14.8 Å². The van der Waals surface area contributed by atoms with Gasteiger partial charge in [-0.05, 0) is 13.0 Å². The Morgan fingerprint density at radius 1 is 1.41 bits per heavy atom. The van der Waals surface area contributed by atoms with Crippen molar-refractivity contribution in [1.82, 2.24) is 15.2 Å². The number of pyridine rings is 1. The molecular formula is C9H9ClN4O2S. The molecule has 0 spiro atoms. The lowest BCUT2D eigenvalue weighted by Gasteiger charge is -2.07. The Labute approximate surface area is 103 Å². The van der Waals surface area contributed by atoms with E-state index in [0.717, 1.165) is 0 Å². The third-order valence-corrected chi connectivity index (χ3v) is 3.89. The lowest BCUT2D eigenvalue weighted by Crippen LogP contribution is -2.13. The number of halogens is 1. The van der Waals surface area contributed by atoms with E-state index in [2.05, 4.69) is 19.9 Å². The molecule has 0 atom stereocenters. The van der Waals surface area contributed by atoms with Gasteiger partial charge in [0.25, 0.3) is 10.0 Å². The smallest absolute Gasteiger partial charge is 0.265 e. The molecule has 0 fully saturated rings. The van der Waals surface area contributed by atoms with E-state index in [-0.39, 0.29) is 15.6 Å². The Morgan fingerprint density at radius 3 is 2.76 bits per heavy atom. The van der Waals surface area contributed by atoms with E-state index >= 15 is 0 Å². The fourth-order valence-corrected chi connectivity index (χ4v) is 2.67. The third kappa shape index (κ3) is 2.40. The van der Waals surface area contributed by atoms with Gasteiger partial charge in [-0.1, -0.05) is 11.6 Å². The number of aromatic nitrogens is 3. The normalized spacial score (nSPS) is 11.4. The first-order chi connectivity index (χ1) is 8.00. The van der Waals surface area contributed by atoms with Gasteiger partial charge in [-0.2, -0.15) is 5.10 Å². The molecule has 2 N–H and O–H groups in total. The molecule has 0 amide bonds. The average molecular weight is 273 g/mol. The molecule has 17 heavy (non-hydrogen) atoms. The van der Waals surface area contributed by atoms with Crippen molar-refractivity contribution >= 4 is 27.3 Å². The van der Waals surface area contributed by atoms with Gasteiger partial charge in [0, 0.05) is 6.20 Å². The topological polar surface area (TPSA) is 87.7 Å². The number of sulfonamides is 1. The summed E-state index contributed by atoms with van der Waals surface area (Å²) in [6.45, 7) is 1.62. The van der Waals surface area contributed by atoms with Crippen LogP contribution in [0, 0.1) is 6.92 Å². The highest BCUT2D eigenvalue weighted by molar-refractivity contribution is 7.92. The maximum absolute atomic E-state index is 12.0. The zero-order valence-electron chi connectivity index (χ0n) is 8.81. The first kappa shape index (κ1) is 11.9. The maximum Gasteiger partial charge on any atom is 0.265 e. The number of aromatic amines is 1. The van der Waals surface area contributed by atoms with Crippen LogP contribution in [0.4, 0.5) is 5.69 Å².